The first-order valence-electron chi connectivity index (χ1n) is 10.7. The molecular weight excluding hydrogens is 441 g/mol. The second kappa shape index (κ2) is 7.31. The number of halogens is 3. The number of para-hydroxylation sites is 1. The van der Waals surface area contributed by atoms with Crippen LogP contribution in [0.4, 0.5) is 19.0 Å². The Hall–Kier alpha value is -2.89. The highest BCUT2D eigenvalue weighted by Crippen LogP contribution is 2.48. The summed E-state index contributed by atoms with van der Waals surface area (Å²) in [6.07, 6.45) is -3.38. The summed E-state index contributed by atoms with van der Waals surface area (Å²) in [6.45, 7) is 0.644. The number of H-pyrrole nitrogens is 1. The van der Waals surface area contributed by atoms with Crippen LogP contribution in [0.2, 0.25) is 0 Å². The number of hydrogen-bond acceptors (Lipinski definition) is 7. The third-order valence-electron chi connectivity index (χ3n) is 6.70. The molecule has 0 spiro atoms. The lowest BCUT2D eigenvalue weighted by Gasteiger charge is -2.46. The van der Waals surface area contributed by atoms with Crippen molar-refractivity contribution in [3.8, 4) is 5.75 Å². The number of alkyl halides is 3. The minimum absolute atomic E-state index is 0.0768. The van der Waals surface area contributed by atoms with Gasteiger partial charge in [0.25, 0.3) is 0 Å². The first-order chi connectivity index (χ1) is 15.8. The van der Waals surface area contributed by atoms with Crippen molar-refractivity contribution in [3.63, 3.8) is 0 Å². The molecule has 174 valence electrons. The van der Waals surface area contributed by atoms with E-state index in [2.05, 4.69) is 20.3 Å². The van der Waals surface area contributed by atoms with E-state index in [1.165, 1.54) is 6.33 Å². The fourth-order valence-electron chi connectivity index (χ4n) is 5.15. The lowest BCUT2D eigenvalue weighted by atomic mass is 9.73. The molecule has 0 unspecified atom stereocenters. The fraction of sp³-hybridized carbons (Fsp3) is 0.455. The molecule has 6 rings (SSSR count). The smallest absolute Gasteiger partial charge is 0.431 e. The number of hydrogen-bond donors (Lipinski definition) is 3. The molecule has 5 heterocycles. The second-order valence-electron chi connectivity index (χ2n) is 8.78. The maximum Gasteiger partial charge on any atom is 0.431 e. The van der Waals surface area contributed by atoms with Crippen LogP contribution in [0, 0.1) is 5.92 Å². The number of ether oxygens (including phenoxy) is 3. The average molecular weight is 462 g/mol. The molecule has 0 amide bonds. The average Bonchev–Trinajstić information content (AvgIpc) is 3.38. The highest BCUT2D eigenvalue weighted by atomic mass is 19.4. The number of anilines is 1. The molecule has 3 N–H and O–H groups in total. The Bertz CT molecular complexity index is 1190. The zero-order valence-electron chi connectivity index (χ0n) is 17.3. The van der Waals surface area contributed by atoms with E-state index in [0.29, 0.717) is 18.8 Å². The highest BCUT2D eigenvalue weighted by Gasteiger charge is 2.53. The predicted octanol–water partition coefficient (Wildman–Crippen LogP) is 3.40. The minimum atomic E-state index is -4.54. The van der Waals surface area contributed by atoms with Crippen molar-refractivity contribution in [1.82, 2.24) is 15.0 Å². The molecule has 3 aliphatic rings. The molecular formula is C22H21F3N4O4. The van der Waals surface area contributed by atoms with Gasteiger partial charge in [0.1, 0.15) is 29.2 Å². The zero-order chi connectivity index (χ0) is 22.8. The van der Waals surface area contributed by atoms with Gasteiger partial charge < -0.3 is 29.6 Å². The van der Waals surface area contributed by atoms with E-state index >= 15 is 0 Å². The molecule has 0 saturated carbocycles. The number of aliphatic hydroxyl groups is 1. The summed E-state index contributed by atoms with van der Waals surface area (Å²) in [6, 6.07) is 7.93. The second-order valence-corrected chi connectivity index (χ2v) is 8.78. The Morgan fingerprint density at radius 3 is 2.82 bits per heavy atom. The molecule has 2 saturated heterocycles. The number of rotatable bonds is 3. The van der Waals surface area contributed by atoms with Crippen molar-refractivity contribution in [3.05, 3.63) is 47.9 Å². The lowest BCUT2D eigenvalue weighted by molar-refractivity contribution is -0.182. The highest BCUT2D eigenvalue weighted by molar-refractivity contribution is 5.88. The van der Waals surface area contributed by atoms with Gasteiger partial charge in [0.2, 0.25) is 0 Å². The maximum absolute atomic E-state index is 13.3. The lowest BCUT2D eigenvalue weighted by Crippen LogP contribution is -2.53. The Labute approximate surface area is 186 Å². The van der Waals surface area contributed by atoms with E-state index in [1.54, 1.807) is 0 Å². The van der Waals surface area contributed by atoms with Gasteiger partial charge in [-0.05, 0) is 12.1 Å². The van der Waals surface area contributed by atoms with Crippen LogP contribution < -0.4 is 10.1 Å². The summed E-state index contributed by atoms with van der Waals surface area (Å²) in [5.74, 6) is 0.471. The van der Waals surface area contributed by atoms with Crippen LogP contribution in [0.5, 0.6) is 5.75 Å². The first-order valence-corrected chi connectivity index (χ1v) is 10.7. The molecule has 11 heteroatoms. The maximum atomic E-state index is 13.3. The third kappa shape index (κ3) is 3.51. The van der Waals surface area contributed by atoms with E-state index in [1.807, 2.05) is 24.3 Å². The van der Waals surface area contributed by atoms with E-state index in [9.17, 15) is 18.3 Å². The van der Waals surface area contributed by atoms with E-state index < -0.39 is 35.7 Å². The summed E-state index contributed by atoms with van der Waals surface area (Å²) < 4.78 is 57.1. The molecule has 2 fully saturated rings. The summed E-state index contributed by atoms with van der Waals surface area (Å²) in [7, 11) is 0. The van der Waals surface area contributed by atoms with Crippen LogP contribution in [0.1, 0.15) is 30.1 Å². The van der Waals surface area contributed by atoms with Crippen LogP contribution in [-0.2, 0) is 15.7 Å². The molecule has 33 heavy (non-hydrogen) atoms. The first kappa shape index (κ1) is 20.7. The van der Waals surface area contributed by atoms with Gasteiger partial charge >= 0.3 is 6.18 Å². The van der Waals surface area contributed by atoms with E-state index in [4.69, 9.17) is 14.2 Å². The van der Waals surface area contributed by atoms with Gasteiger partial charge in [-0.3, -0.25) is 0 Å². The number of fused-ring (bicyclic) bond motifs is 4. The SMILES string of the molecule is O[C@@]1([C@H]2COc3ccccc3[C@@H]2Nc2ncnc3[nH]c(C(F)(F)F)cc23)C[C@@H]2CO[C@@H](C1)O2. The van der Waals surface area contributed by atoms with Gasteiger partial charge in [-0.25, -0.2) is 9.97 Å². The number of aromatic nitrogens is 3. The summed E-state index contributed by atoms with van der Waals surface area (Å²) in [5.41, 5.74) is -1.19. The molecule has 0 aliphatic carbocycles. The van der Waals surface area contributed by atoms with Crippen LogP contribution in [0.25, 0.3) is 11.0 Å². The summed E-state index contributed by atoms with van der Waals surface area (Å²) in [5, 5.41) is 15.2. The Morgan fingerprint density at radius 1 is 1.15 bits per heavy atom. The van der Waals surface area contributed by atoms with Gasteiger partial charge in [0.15, 0.2) is 6.29 Å². The van der Waals surface area contributed by atoms with E-state index in [-0.39, 0.29) is 36.0 Å². The monoisotopic (exact) mass is 462 g/mol. The van der Waals surface area contributed by atoms with Crippen molar-refractivity contribution in [2.45, 2.75) is 43.1 Å². The van der Waals surface area contributed by atoms with Gasteiger partial charge in [0, 0.05) is 24.3 Å². The normalized spacial score (nSPS) is 31.3. The van der Waals surface area contributed by atoms with Gasteiger partial charge in [-0.1, -0.05) is 18.2 Å². The van der Waals surface area contributed by atoms with Crippen molar-refractivity contribution >= 4 is 16.9 Å². The molecule has 2 bridgehead atoms. The van der Waals surface area contributed by atoms with Gasteiger partial charge in [0.05, 0.1) is 36.3 Å². The van der Waals surface area contributed by atoms with Crippen molar-refractivity contribution < 1.29 is 32.5 Å². The van der Waals surface area contributed by atoms with Crippen LogP contribution in [0.15, 0.2) is 36.7 Å². The van der Waals surface area contributed by atoms with Crippen molar-refractivity contribution in [2.75, 3.05) is 18.5 Å². The van der Waals surface area contributed by atoms with Gasteiger partial charge in [-0.15, -0.1) is 0 Å². The molecule has 5 atom stereocenters. The molecule has 3 aliphatic heterocycles. The molecule has 0 radical (unpaired) electrons. The summed E-state index contributed by atoms with van der Waals surface area (Å²) >= 11 is 0. The van der Waals surface area contributed by atoms with Gasteiger partial charge in [-0.2, -0.15) is 13.2 Å². The molecule has 3 aromatic rings. The van der Waals surface area contributed by atoms with Crippen LogP contribution in [0.3, 0.4) is 0 Å². The standard InChI is InChI=1S/C22H21F3N4O4/c23-22(24,25)16-5-13-19(28-16)26-10-27-20(13)29-18-12-3-1-2-4-15(12)31-9-14(18)21(30)6-11-8-32-17(7-21)33-11/h1-5,10-11,14,17-18,30H,6-9H2,(H2,26,27,28,29)/t11-,14+,17-,18+,21+/m1/s1. The Morgan fingerprint density at radius 2 is 2.00 bits per heavy atom. The molecule has 1 aromatic carbocycles. The largest absolute Gasteiger partial charge is 0.493 e. The molecule has 8 nitrogen and oxygen atoms in total. The number of aromatic amines is 1. The zero-order valence-corrected chi connectivity index (χ0v) is 17.3. The Kier molecular flexibility index (Phi) is 4.58. The summed E-state index contributed by atoms with van der Waals surface area (Å²) in [4.78, 5) is 10.5. The minimum Gasteiger partial charge on any atom is -0.493 e. The van der Waals surface area contributed by atoms with Crippen molar-refractivity contribution in [2.24, 2.45) is 5.92 Å². The number of nitrogens with one attached hydrogen (secondary N) is 2. The fourth-order valence-corrected chi connectivity index (χ4v) is 5.15. The molecule has 2 aromatic heterocycles. The van der Waals surface area contributed by atoms with Crippen LogP contribution in [-0.4, -0.2) is 51.3 Å². The topological polar surface area (TPSA) is 102 Å². The third-order valence-corrected chi connectivity index (χ3v) is 6.70. The van der Waals surface area contributed by atoms with Crippen molar-refractivity contribution in [1.29, 1.82) is 0 Å². The van der Waals surface area contributed by atoms with E-state index in [0.717, 1.165) is 11.6 Å². The number of benzene rings is 1. The predicted molar refractivity (Wildman–Crippen MR) is 109 cm³/mol. The number of nitrogens with zero attached hydrogens (tertiary/aromatic N) is 2. The van der Waals surface area contributed by atoms with Crippen LogP contribution >= 0.6 is 0 Å². The Balaban J connectivity index is 1.41. The quantitative estimate of drug-likeness (QED) is 0.548.